The molecule has 0 unspecified atom stereocenters. The molecular weight excluding hydrogens is 153 g/mol. The zero-order valence-corrected chi connectivity index (χ0v) is 7.42. The first-order valence-corrected chi connectivity index (χ1v) is 5.13. The molecule has 0 atom stereocenters. The molecule has 0 aliphatic carbocycles. The average molecular weight is 158 g/mol. The number of ether oxygens (including phenoxy) is 1. The van der Waals surface area contributed by atoms with Gasteiger partial charge in [0, 0.05) is 7.11 Å². The fraction of sp³-hybridized carbons (Fsp3) is 0.333. The Hall–Kier alpha value is 0.453. The second-order valence-electron chi connectivity index (χ2n) is 0.348. The van der Waals surface area contributed by atoms with Crippen LogP contribution in [0.25, 0.3) is 0 Å². The van der Waals surface area contributed by atoms with Gasteiger partial charge >= 0.3 is 27.0 Å². The van der Waals surface area contributed by atoms with Crippen LogP contribution in [-0.4, -0.2) is 7.11 Å². The van der Waals surface area contributed by atoms with Crippen molar-refractivity contribution in [1.82, 2.24) is 0 Å². The summed E-state index contributed by atoms with van der Waals surface area (Å²) >= 11 is 0.847. The van der Waals surface area contributed by atoms with Crippen LogP contribution >= 0.6 is 9.69 Å². The van der Waals surface area contributed by atoms with Crippen LogP contribution in [0.5, 0.6) is 0 Å². The first kappa shape index (κ1) is 9.68. The summed E-state index contributed by atoms with van der Waals surface area (Å²) in [5.41, 5.74) is 0. The van der Waals surface area contributed by atoms with Gasteiger partial charge in [0.2, 0.25) is 0 Å². The fourth-order valence-corrected chi connectivity index (χ4v) is 0. The van der Waals surface area contributed by atoms with Gasteiger partial charge in [0.15, 0.2) is 0 Å². The molecule has 0 heterocycles. The van der Waals surface area contributed by atoms with Crippen molar-refractivity contribution in [3.8, 4) is 0 Å². The van der Waals surface area contributed by atoms with Gasteiger partial charge in [-0.15, -0.1) is 0 Å². The molecule has 0 aromatic carbocycles. The van der Waals surface area contributed by atoms with E-state index in [4.69, 9.17) is 9.69 Å². The number of methoxy groups -OCH3 is 1. The quantitative estimate of drug-likeness (QED) is 0.317. The Balaban J connectivity index is 0. The Morgan fingerprint density at radius 1 is 1.83 bits per heavy atom. The van der Waals surface area contributed by atoms with E-state index in [2.05, 4.69) is 17.6 Å². The Morgan fingerprint density at radius 2 is 2.00 bits per heavy atom. The Labute approximate surface area is 52.0 Å². The summed E-state index contributed by atoms with van der Waals surface area (Å²) in [7, 11) is 6.27. The molecule has 32 valence electrons. The first-order valence-electron chi connectivity index (χ1n) is 1.23. The molecule has 3 heteroatoms. The number of rotatable bonds is 1. The van der Waals surface area contributed by atoms with Gasteiger partial charge in [0.1, 0.15) is 0 Å². The zero-order valence-electron chi connectivity index (χ0n) is 3.70. The van der Waals surface area contributed by atoms with E-state index in [9.17, 15) is 0 Å². The van der Waals surface area contributed by atoms with Crippen molar-refractivity contribution in [3.05, 3.63) is 12.8 Å². The van der Waals surface area contributed by atoms with Gasteiger partial charge in [-0.05, 0) is 0 Å². The zero-order chi connectivity index (χ0) is 5.41. The van der Waals surface area contributed by atoms with Crippen LogP contribution in [0, 0.1) is 6.26 Å². The molecule has 0 spiro atoms. The Kier molecular flexibility index (Phi) is 29.0. The fourth-order valence-electron chi connectivity index (χ4n) is 0. The summed E-state index contributed by atoms with van der Waals surface area (Å²) in [6, 6.07) is 0. The number of hydrogen-bond donors (Lipinski definition) is 0. The molecule has 6 heavy (non-hydrogen) atoms. The Bertz CT molecular complexity index is 24.8. The van der Waals surface area contributed by atoms with Crippen LogP contribution in [-0.2, 0) is 22.0 Å². The van der Waals surface area contributed by atoms with Gasteiger partial charge in [-0.3, -0.25) is 0 Å². The monoisotopic (exact) mass is 156 g/mol. The molecular formula is C3H5ClOZn. The van der Waals surface area contributed by atoms with Gasteiger partial charge in [-0.1, -0.05) is 0 Å². The third kappa shape index (κ3) is 25.1. The first-order chi connectivity index (χ1) is 2.91. The van der Waals surface area contributed by atoms with Gasteiger partial charge in [-0.2, -0.15) is 0 Å². The van der Waals surface area contributed by atoms with Crippen LogP contribution in [0.1, 0.15) is 0 Å². The summed E-state index contributed by atoms with van der Waals surface area (Å²) in [6.45, 7) is 3.13. The van der Waals surface area contributed by atoms with Crippen molar-refractivity contribution in [3.63, 3.8) is 0 Å². The maximum atomic E-state index is 4.76. The van der Waals surface area contributed by atoms with E-state index in [0.29, 0.717) is 0 Å². The molecule has 0 saturated heterocycles. The third-order valence-electron chi connectivity index (χ3n) is 0.144. The van der Waals surface area contributed by atoms with Crippen LogP contribution in [0.4, 0.5) is 0 Å². The summed E-state index contributed by atoms with van der Waals surface area (Å²) in [5.74, 6) is 0. The van der Waals surface area contributed by atoms with Crippen LogP contribution in [0.15, 0.2) is 6.58 Å². The SMILES string of the molecule is C=[C-]OC.[Cl][Zn+]. The van der Waals surface area contributed by atoms with Crippen molar-refractivity contribution in [1.29, 1.82) is 0 Å². The predicted octanol–water partition coefficient (Wildman–Crippen LogP) is 1.27. The van der Waals surface area contributed by atoms with Gasteiger partial charge in [0.25, 0.3) is 0 Å². The normalized spacial score (nSPS) is 4.67. The molecule has 0 aliphatic rings. The van der Waals surface area contributed by atoms with Gasteiger partial charge < -0.3 is 11.0 Å². The third-order valence-corrected chi connectivity index (χ3v) is 0.144. The van der Waals surface area contributed by atoms with E-state index in [1.807, 2.05) is 0 Å². The molecule has 0 aromatic rings. The van der Waals surface area contributed by atoms with E-state index in [0.717, 1.165) is 17.3 Å². The maximum absolute atomic E-state index is 4.76. The molecule has 0 amide bonds. The molecule has 0 fully saturated rings. The second-order valence-corrected chi connectivity index (χ2v) is 0.348. The van der Waals surface area contributed by atoms with E-state index >= 15 is 0 Å². The minimum absolute atomic E-state index is 0.847. The molecule has 0 aromatic heterocycles. The van der Waals surface area contributed by atoms with Crippen molar-refractivity contribution >= 4 is 9.69 Å². The molecule has 0 bridgehead atoms. The topological polar surface area (TPSA) is 9.23 Å². The minimum atomic E-state index is 0.847. The van der Waals surface area contributed by atoms with E-state index in [-0.39, 0.29) is 0 Å². The van der Waals surface area contributed by atoms with Crippen molar-refractivity contribution in [2.24, 2.45) is 0 Å². The van der Waals surface area contributed by atoms with E-state index in [1.54, 1.807) is 0 Å². The van der Waals surface area contributed by atoms with Crippen LogP contribution < -0.4 is 0 Å². The molecule has 0 N–H and O–H groups in total. The second kappa shape index (κ2) is 18.0. The standard InChI is InChI=1S/C3H5O.ClH.Zn/c1-3-4-2;;/h1H2,2H3;1H;/q-1;;+2/p-1. The van der Waals surface area contributed by atoms with Crippen LogP contribution in [0.3, 0.4) is 0 Å². The van der Waals surface area contributed by atoms with Crippen molar-refractivity contribution < 1.29 is 22.0 Å². The van der Waals surface area contributed by atoms with Crippen molar-refractivity contribution in [2.45, 2.75) is 0 Å². The summed E-state index contributed by atoms with van der Waals surface area (Å²) < 4.78 is 4.18. The molecule has 0 aliphatic heterocycles. The number of hydrogen-bond acceptors (Lipinski definition) is 1. The molecule has 0 rings (SSSR count). The van der Waals surface area contributed by atoms with Crippen LogP contribution in [0.2, 0.25) is 0 Å². The van der Waals surface area contributed by atoms with E-state index < -0.39 is 0 Å². The average Bonchev–Trinajstić information content (AvgIpc) is 1.72. The van der Waals surface area contributed by atoms with E-state index in [1.165, 1.54) is 7.11 Å². The molecule has 0 radical (unpaired) electrons. The summed E-state index contributed by atoms with van der Waals surface area (Å²) in [6.07, 6.45) is 2.18. The van der Waals surface area contributed by atoms with Gasteiger partial charge in [0.05, 0.1) is 0 Å². The summed E-state index contributed by atoms with van der Waals surface area (Å²) in [4.78, 5) is 0. The number of halogens is 1. The molecule has 0 saturated carbocycles. The molecule has 1 nitrogen and oxygen atoms in total. The van der Waals surface area contributed by atoms with Gasteiger partial charge in [-0.25, -0.2) is 6.58 Å². The van der Waals surface area contributed by atoms with Crippen molar-refractivity contribution in [2.75, 3.05) is 7.11 Å². The predicted molar refractivity (Wildman–Crippen MR) is 21.7 cm³/mol. The Morgan fingerprint density at radius 3 is 2.00 bits per heavy atom. The summed E-state index contributed by atoms with van der Waals surface area (Å²) in [5, 5.41) is 0.